The van der Waals surface area contributed by atoms with Gasteiger partial charge in [0, 0.05) is 39.8 Å². The van der Waals surface area contributed by atoms with Gasteiger partial charge in [-0.25, -0.2) is 4.79 Å². The van der Waals surface area contributed by atoms with E-state index in [0.717, 1.165) is 44.2 Å². The van der Waals surface area contributed by atoms with Crippen LogP contribution >= 0.6 is 0 Å². The molecule has 1 aliphatic rings. The minimum atomic E-state index is -0.455. The molecule has 0 radical (unpaired) electrons. The Hall–Kier alpha value is -4.17. The van der Waals surface area contributed by atoms with Crippen LogP contribution in [-0.2, 0) is 20.1 Å². The van der Waals surface area contributed by atoms with Crippen LogP contribution in [-0.4, -0.2) is 50.2 Å². The van der Waals surface area contributed by atoms with Crippen molar-refractivity contribution in [3.63, 3.8) is 0 Å². The van der Waals surface area contributed by atoms with E-state index in [9.17, 15) is 9.59 Å². The van der Waals surface area contributed by atoms with Crippen molar-refractivity contribution < 1.29 is 0 Å². The number of benzene rings is 3. The summed E-state index contributed by atoms with van der Waals surface area (Å²) in [6.07, 6.45) is 0. The molecule has 0 atom stereocenters. The molecule has 0 spiro atoms. The van der Waals surface area contributed by atoms with Crippen molar-refractivity contribution in [1.82, 2.24) is 24.0 Å². The summed E-state index contributed by atoms with van der Waals surface area (Å²) in [5, 5.41) is 2.56. The molecule has 1 saturated heterocycles. The van der Waals surface area contributed by atoms with E-state index in [1.54, 1.807) is 7.05 Å². The number of aromatic amines is 1. The van der Waals surface area contributed by atoms with Gasteiger partial charge >= 0.3 is 5.69 Å². The molecule has 0 unspecified atom stereocenters. The lowest BCUT2D eigenvalue weighted by Crippen LogP contribution is -2.47. The van der Waals surface area contributed by atoms with E-state index in [1.165, 1.54) is 20.9 Å². The molecule has 182 valence electrons. The number of imidazole rings is 1. The maximum absolute atomic E-state index is 12.9. The molecule has 8 nitrogen and oxygen atoms in total. The van der Waals surface area contributed by atoms with Crippen molar-refractivity contribution in [2.24, 2.45) is 7.05 Å². The zero-order chi connectivity index (χ0) is 24.6. The number of piperazine rings is 1. The minimum Gasteiger partial charge on any atom is -0.340 e. The highest BCUT2D eigenvalue weighted by Crippen LogP contribution is 2.24. The van der Waals surface area contributed by atoms with E-state index in [0.29, 0.717) is 17.7 Å². The Morgan fingerprint density at radius 1 is 0.833 bits per heavy atom. The topological polar surface area (TPSA) is 79.2 Å². The van der Waals surface area contributed by atoms with Crippen molar-refractivity contribution in [2.45, 2.75) is 13.1 Å². The lowest BCUT2D eigenvalue weighted by Gasteiger charge is -2.35. The average Bonchev–Trinajstić information content (AvgIpc) is 3.28. The SMILES string of the molecule is Cn1c(=O)[nH]c(=O)c2c1nc(N1CCN(Cc3cccc4ccccc34)CC1)n2Cc1ccccc1. The summed E-state index contributed by atoms with van der Waals surface area (Å²) in [4.78, 5) is 37.1. The Bertz CT molecular complexity index is 1650. The number of aryl methyl sites for hydroxylation is 1. The van der Waals surface area contributed by atoms with E-state index in [2.05, 4.69) is 57.2 Å². The van der Waals surface area contributed by atoms with Crippen LogP contribution in [0.3, 0.4) is 0 Å². The molecule has 6 rings (SSSR count). The van der Waals surface area contributed by atoms with E-state index >= 15 is 0 Å². The number of rotatable bonds is 5. The van der Waals surface area contributed by atoms with Crippen molar-refractivity contribution in [1.29, 1.82) is 0 Å². The van der Waals surface area contributed by atoms with Crippen LogP contribution in [0.4, 0.5) is 5.95 Å². The molecule has 3 heterocycles. The normalized spacial score (nSPS) is 14.6. The van der Waals surface area contributed by atoms with Gasteiger partial charge in [-0.05, 0) is 21.9 Å². The number of anilines is 1. The molecule has 2 aromatic heterocycles. The van der Waals surface area contributed by atoms with Gasteiger partial charge in [-0.15, -0.1) is 0 Å². The van der Waals surface area contributed by atoms with Gasteiger partial charge in [0.25, 0.3) is 5.56 Å². The van der Waals surface area contributed by atoms with Crippen molar-refractivity contribution in [2.75, 3.05) is 31.1 Å². The largest absolute Gasteiger partial charge is 0.340 e. The first-order valence-electron chi connectivity index (χ1n) is 12.3. The Morgan fingerprint density at radius 2 is 1.56 bits per heavy atom. The molecule has 1 aliphatic heterocycles. The zero-order valence-electron chi connectivity index (χ0n) is 20.2. The summed E-state index contributed by atoms with van der Waals surface area (Å²) in [6.45, 7) is 4.73. The number of hydrogen-bond donors (Lipinski definition) is 1. The zero-order valence-corrected chi connectivity index (χ0v) is 20.2. The molecule has 0 bridgehead atoms. The Kier molecular flexibility index (Phi) is 5.65. The standard InChI is InChI=1S/C28H28N6O2/c1-31-25-24(26(35)30-28(31)36)34(18-20-8-3-2-4-9-20)27(29-25)33-16-14-32(15-17-33)19-22-12-7-11-21-10-5-6-13-23(21)22/h2-13H,14-19H2,1H3,(H,30,35,36). The fourth-order valence-corrected chi connectivity index (χ4v) is 5.16. The molecule has 3 aromatic carbocycles. The maximum atomic E-state index is 12.9. The first-order chi connectivity index (χ1) is 17.6. The van der Waals surface area contributed by atoms with Gasteiger partial charge < -0.3 is 4.90 Å². The van der Waals surface area contributed by atoms with Crippen LogP contribution in [0.2, 0.25) is 0 Å². The summed E-state index contributed by atoms with van der Waals surface area (Å²) in [6, 6.07) is 25.0. The van der Waals surface area contributed by atoms with E-state index < -0.39 is 11.2 Å². The van der Waals surface area contributed by atoms with Crippen LogP contribution in [0.5, 0.6) is 0 Å². The van der Waals surface area contributed by atoms with Gasteiger partial charge in [0.1, 0.15) is 0 Å². The first-order valence-corrected chi connectivity index (χ1v) is 12.3. The summed E-state index contributed by atoms with van der Waals surface area (Å²) < 4.78 is 3.36. The van der Waals surface area contributed by atoms with Crippen LogP contribution in [0.1, 0.15) is 11.1 Å². The molecule has 1 fully saturated rings. The van der Waals surface area contributed by atoms with Gasteiger partial charge in [0.05, 0.1) is 6.54 Å². The van der Waals surface area contributed by atoms with Gasteiger partial charge in [0.15, 0.2) is 11.2 Å². The lowest BCUT2D eigenvalue weighted by molar-refractivity contribution is 0.249. The van der Waals surface area contributed by atoms with Crippen LogP contribution in [0.25, 0.3) is 21.9 Å². The predicted octanol–water partition coefficient (Wildman–Crippen LogP) is 2.95. The van der Waals surface area contributed by atoms with Gasteiger partial charge in [0.2, 0.25) is 5.95 Å². The van der Waals surface area contributed by atoms with E-state index in [1.807, 2.05) is 34.9 Å². The third kappa shape index (κ3) is 3.99. The molecular formula is C28H28N6O2. The van der Waals surface area contributed by atoms with Crippen LogP contribution < -0.4 is 16.1 Å². The number of fused-ring (bicyclic) bond motifs is 2. The van der Waals surface area contributed by atoms with E-state index in [4.69, 9.17) is 4.98 Å². The third-order valence-corrected chi connectivity index (χ3v) is 7.10. The summed E-state index contributed by atoms with van der Waals surface area (Å²) >= 11 is 0. The fourth-order valence-electron chi connectivity index (χ4n) is 5.16. The Labute approximate surface area is 208 Å². The smallest absolute Gasteiger partial charge is 0.329 e. The van der Waals surface area contributed by atoms with Crippen LogP contribution in [0, 0.1) is 0 Å². The highest BCUT2D eigenvalue weighted by atomic mass is 16.2. The fraction of sp³-hybridized carbons (Fsp3) is 0.250. The molecule has 0 saturated carbocycles. The predicted molar refractivity (Wildman–Crippen MR) is 143 cm³/mol. The second-order valence-corrected chi connectivity index (χ2v) is 9.38. The number of hydrogen-bond acceptors (Lipinski definition) is 5. The number of nitrogens with one attached hydrogen (secondary N) is 1. The second kappa shape index (κ2) is 9.13. The van der Waals surface area contributed by atoms with Crippen LogP contribution in [0.15, 0.2) is 82.4 Å². The Balaban J connectivity index is 1.30. The highest BCUT2D eigenvalue weighted by Gasteiger charge is 2.25. The molecule has 8 heteroatoms. The minimum absolute atomic E-state index is 0.405. The van der Waals surface area contributed by atoms with Crippen molar-refractivity contribution >= 4 is 27.9 Å². The van der Waals surface area contributed by atoms with Crippen molar-refractivity contribution in [3.8, 4) is 0 Å². The monoisotopic (exact) mass is 480 g/mol. The number of nitrogens with zero attached hydrogens (tertiary/aromatic N) is 5. The quantitative estimate of drug-likeness (QED) is 0.419. The maximum Gasteiger partial charge on any atom is 0.329 e. The summed E-state index contributed by atoms with van der Waals surface area (Å²) in [5.74, 6) is 0.727. The second-order valence-electron chi connectivity index (χ2n) is 9.38. The van der Waals surface area contributed by atoms with Crippen molar-refractivity contribution in [3.05, 3.63) is 105 Å². The van der Waals surface area contributed by atoms with Gasteiger partial charge in [-0.3, -0.25) is 23.8 Å². The Morgan fingerprint density at radius 3 is 2.36 bits per heavy atom. The first kappa shape index (κ1) is 22.3. The molecule has 36 heavy (non-hydrogen) atoms. The summed E-state index contributed by atoms with van der Waals surface area (Å²) in [5.41, 5.74) is 2.38. The molecular weight excluding hydrogens is 452 g/mol. The average molecular weight is 481 g/mol. The molecule has 0 aliphatic carbocycles. The lowest BCUT2D eigenvalue weighted by atomic mass is 10.0. The highest BCUT2D eigenvalue weighted by molar-refractivity contribution is 5.85. The van der Waals surface area contributed by atoms with Gasteiger partial charge in [-0.1, -0.05) is 72.8 Å². The van der Waals surface area contributed by atoms with Gasteiger partial charge in [-0.2, -0.15) is 4.98 Å². The van der Waals surface area contributed by atoms with E-state index in [-0.39, 0.29) is 0 Å². The number of H-pyrrole nitrogens is 1. The molecule has 5 aromatic rings. The molecule has 0 amide bonds. The number of aromatic nitrogens is 4. The summed E-state index contributed by atoms with van der Waals surface area (Å²) in [7, 11) is 1.65. The molecule has 1 N–H and O–H groups in total. The third-order valence-electron chi connectivity index (χ3n) is 7.10.